The molecule has 1 rings (SSSR count). The summed E-state index contributed by atoms with van der Waals surface area (Å²) in [5.74, 6) is -0.432. The van der Waals surface area contributed by atoms with E-state index in [4.69, 9.17) is 4.74 Å². The third-order valence-corrected chi connectivity index (χ3v) is 3.48. The number of hydrogen-bond acceptors (Lipinski definition) is 4. The van der Waals surface area contributed by atoms with Crippen molar-refractivity contribution in [1.82, 2.24) is 15.0 Å². The Bertz CT molecular complexity index is 441. The second kappa shape index (κ2) is 10.1. The van der Waals surface area contributed by atoms with Gasteiger partial charge in [-0.25, -0.2) is 9.48 Å². The van der Waals surface area contributed by atoms with Crippen molar-refractivity contribution < 1.29 is 9.53 Å². The Morgan fingerprint density at radius 3 is 2.57 bits per heavy atom. The van der Waals surface area contributed by atoms with E-state index in [2.05, 4.69) is 23.8 Å². The van der Waals surface area contributed by atoms with Crippen molar-refractivity contribution in [2.45, 2.75) is 65.3 Å². The van der Waals surface area contributed by atoms with Crippen LogP contribution in [0.2, 0.25) is 0 Å². The van der Waals surface area contributed by atoms with Crippen LogP contribution in [-0.2, 0) is 11.3 Å². The predicted molar refractivity (Wildman–Crippen MR) is 83.2 cm³/mol. The Kier molecular flexibility index (Phi) is 8.40. The monoisotopic (exact) mass is 293 g/mol. The summed E-state index contributed by atoms with van der Waals surface area (Å²) in [5, 5.41) is 7.94. The van der Waals surface area contributed by atoms with Gasteiger partial charge < -0.3 is 4.74 Å². The van der Waals surface area contributed by atoms with Crippen LogP contribution in [0.4, 0.5) is 0 Å². The van der Waals surface area contributed by atoms with Crippen LogP contribution < -0.4 is 0 Å². The van der Waals surface area contributed by atoms with Crippen molar-refractivity contribution in [1.29, 1.82) is 0 Å². The smallest absolute Gasteiger partial charge is 0.361 e. The van der Waals surface area contributed by atoms with Crippen LogP contribution in [-0.4, -0.2) is 27.6 Å². The summed E-state index contributed by atoms with van der Waals surface area (Å²) >= 11 is 0. The van der Waals surface area contributed by atoms with Gasteiger partial charge in [-0.3, -0.25) is 0 Å². The van der Waals surface area contributed by atoms with Crippen molar-refractivity contribution >= 4 is 5.97 Å². The zero-order valence-corrected chi connectivity index (χ0v) is 13.3. The summed E-state index contributed by atoms with van der Waals surface area (Å²) in [4.78, 5) is 11.7. The van der Waals surface area contributed by atoms with Gasteiger partial charge >= 0.3 is 5.97 Å². The average Bonchev–Trinajstić information content (AvgIpc) is 2.85. The number of aromatic nitrogens is 3. The molecule has 1 aromatic rings. The van der Waals surface area contributed by atoms with Crippen LogP contribution in [0.25, 0.3) is 0 Å². The first-order valence-electron chi connectivity index (χ1n) is 7.88. The number of rotatable bonds is 11. The van der Waals surface area contributed by atoms with Gasteiger partial charge in [-0.05, 0) is 13.3 Å². The fourth-order valence-electron chi connectivity index (χ4n) is 2.18. The highest BCUT2D eigenvalue weighted by atomic mass is 16.5. The molecule has 0 fully saturated rings. The van der Waals surface area contributed by atoms with Crippen molar-refractivity contribution in [3.63, 3.8) is 0 Å². The molecule has 0 aliphatic rings. The average molecular weight is 293 g/mol. The van der Waals surface area contributed by atoms with E-state index in [-0.39, 0.29) is 6.61 Å². The number of carbonyl (C=O) groups excluding carboxylic acids is 1. The second-order valence-corrected chi connectivity index (χ2v) is 5.26. The molecule has 118 valence electrons. The number of nitrogens with zero attached hydrogens (tertiary/aromatic N) is 3. The summed E-state index contributed by atoms with van der Waals surface area (Å²) in [6.07, 6.45) is 10.3. The van der Waals surface area contributed by atoms with Gasteiger partial charge in [0.25, 0.3) is 0 Å². The van der Waals surface area contributed by atoms with E-state index in [0.717, 1.165) is 18.7 Å². The summed E-state index contributed by atoms with van der Waals surface area (Å²) in [5.41, 5.74) is 1.08. The van der Waals surface area contributed by atoms with Crippen LogP contribution >= 0.6 is 0 Å². The molecule has 1 heterocycles. The minimum Gasteiger partial charge on any atom is -0.457 e. The fourth-order valence-corrected chi connectivity index (χ4v) is 2.18. The van der Waals surface area contributed by atoms with Crippen molar-refractivity contribution in [2.24, 2.45) is 0 Å². The van der Waals surface area contributed by atoms with Crippen molar-refractivity contribution in [2.75, 3.05) is 6.61 Å². The standard InChI is InChI=1S/C16H27N3O2/c1-4-6-7-8-9-10-11-12-19-14(3)15(17-18-19)16(20)21-13-5-2/h5H,2,4,6-13H2,1,3H3. The highest BCUT2D eigenvalue weighted by Gasteiger charge is 2.17. The number of carbonyl (C=O) groups is 1. The molecule has 0 aliphatic carbocycles. The van der Waals surface area contributed by atoms with Gasteiger partial charge in [-0.2, -0.15) is 0 Å². The van der Waals surface area contributed by atoms with Gasteiger partial charge in [0.2, 0.25) is 0 Å². The van der Waals surface area contributed by atoms with Gasteiger partial charge in [0, 0.05) is 6.54 Å². The SMILES string of the molecule is C=CCOC(=O)c1nnn(CCCCCCCCC)c1C. The van der Waals surface area contributed by atoms with E-state index in [1.54, 1.807) is 4.68 Å². The molecule has 0 saturated carbocycles. The van der Waals surface area contributed by atoms with E-state index >= 15 is 0 Å². The van der Waals surface area contributed by atoms with Crippen LogP contribution in [0, 0.1) is 6.92 Å². The number of unbranched alkanes of at least 4 members (excludes halogenated alkanes) is 6. The van der Waals surface area contributed by atoms with Gasteiger partial charge in [-0.15, -0.1) is 5.10 Å². The molecule has 0 atom stereocenters. The zero-order valence-electron chi connectivity index (χ0n) is 13.3. The molecule has 5 heteroatoms. The number of hydrogen-bond donors (Lipinski definition) is 0. The Morgan fingerprint density at radius 1 is 1.24 bits per heavy atom. The van der Waals surface area contributed by atoms with Gasteiger partial charge in [0.1, 0.15) is 6.61 Å². The maximum Gasteiger partial charge on any atom is 0.361 e. The van der Waals surface area contributed by atoms with Crippen molar-refractivity contribution in [3.8, 4) is 0 Å². The summed E-state index contributed by atoms with van der Waals surface area (Å²) in [7, 11) is 0. The summed E-state index contributed by atoms with van der Waals surface area (Å²) in [6.45, 7) is 8.60. The van der Waals surface area contributed by atoms with E-state index in [9.17, 15) is 4.79 Å². The van der Waals surface area contributed by atoms with Crippen LogP contribution in [0.5, 0.6) is 0 Å². The normalized spacial score (nSPS) is 10.6. The Hall–Kier alpha value is -1.65. The van der Waals surface area contributed by atoms with Crippen LogP contribution in [0.1, 0.15) is 68.1 Å². The first-order chi connectivity index (χ1) is 10.2. The predicted octanol–water partition coefficient (Wildman–Crippen LogP) is 3.68. The Labute approximate surface area is 127 Å². The van der Waals surface area contributed by atoms with E-state index < -0.39 is 5.97 Å². The molecular weight excluding hydrogens is 266 g/mol. The second-order valence-electron chi connectivity index (χ2n) is 5.26. The molecule has 0 spiro atoms. The van der Waals surface area contributed by atoms with Gasteiger partial charge in [0.15, 0.2) is 5.69 Å². The fraction of sp³-hybridized carbons (Fsp3) is 0.688. The minimum atomic E-state index is -0.432. The van der Waals surface area contributed by atoms with Gasteiger partial charge in [-0.1, -0.05) is 63.3 Å². The highest BCUT2D eigenvalue weighted by Crippen LogP contribution is 2.10. The molecule has 0 amide bonds. The zero-order chi connectivity index (χ0) is 15.5. The molecule has 0 aromatic carbocycles. The van der Waals surface area contributed by atoms with Crippen molar-refractivity contribution in [3.05, 3.63) is 24.0 Å². The molecule has 0 aliphatic heterocycles. The Morgan fingerprint density at radius 2 is 1.90 bits per heavy atom. The Balaban J connectivity index is 2.31. The minimum absolute atomic E-state index is 0.197. The molecule has 0 bridgehead atoms. The van der Waals surface area contributed by atoms with E-state index in [1.165, 1.54) is 44.6 Å². The van der Waals surface area contributed by atoms with E-state index in [0.29, 0.717) is 5.69 Å². The first kappa shape index (κ1) is 17.4. The lowest BCUT2D eigenvalue weighted by Gasteiger charge is -2.04. The van der Waals surface area contributed by atoms with Crippen LogP contribution in [0.3, 0.4) is 0 Å². The molecule has 0 N–H and O–H groups in total. The molecule has 1 aromatic heterocycles. The number of aryl methyl sites for hydroxylation is 1. The molecule has 21 heavy (non-hydrogen) atoms. The van der Waals surface area contributed by atoms with E-state index in [1.807, 2.05) is 6.92 Å². The summed E-state index contributed by atoms with van der Waals surface area (Å²) < 4.78 is 6.77. The lowest BCUT2D eigenvalue weighted by atomic mass is 10.1. The lowest BCUT2D eigenvalue weighted by Crippen LogP contribution is -2.08. The molecule has 0 unspecified atom stereocenters. The maximum absolute atomic E-state index is 11.7. The molecule has 5 nitrogen and oxygen atoms in total. The first-order valence-corrected chi connectivity index (χ1v) is 7.88. The largest absolute Gasteiger partial charge is 0.457 e. The maximum atomic E-state index is 11.7. The highest BCUT2D eigenvalue weighted by molar-refractivity contribution is 5.88. The molecular formula is C16H27N3O2. The number of ether oxygens (including phenoxy) is 1. The molecule has 0 radical (unpaired) electrons. The topological polar surface area (TPSA) is 57.0 Å². The third kappa shape index (κ3) is 6.10. The lowest BCUT2D eigenvalue weighted by molar-refractivity contribution is 0.0542. The van der Waals surface area contributed by atoms with Crippen LogP contribution in [0.15, 0.2) is 12.7 Å². The molecule has 0 saturated heterocycles. The number of esters is 1. The quantitative estimate of drug-likeness (QED) is 0.355. The third-order valence-electron chi connectivity index (χ3n) is 3.48. The summed E-state index contributed by atoms with van der Waals surface area (Å²) in [6, 6.07) is 0. The van der Waals surface area contributed by atoms with Gasteiger partial charge in [0.05, 0.1) is 5.69 Å².